The molecule has 3 unspecified atom stereocenters. The molecular weight excluding hydrogens is 272 g/mol. The minimum absolute atomic E-state index is 0.121. The number of ketones is 1. The third-order valence-corrected chi connectivity index (χ3v) is 3.59. The third kappa shape index (κ3) is 3.59. The summed E-state index contributed by atoms with van der Waals surface area (Å²) in [4.78, 5) is 23.1. The highest BCUT2D eigenvalue weighted by Crippen LogP contribution is 2.26. The van der Waals surface area contributed by atoms with Crippen LogP contribution in [0.3, 0.4) is 0 Å². The van der Waals surface area contributed by atoms with Crippen molar-refractivity contribution in [2.75, 3.05) is 11.9 Å². The van der Waals surface area contributed by atoms with Gasteiger partial charge in [0.2, 0.25) is 0 Å². The summed E-state index contributed by atoms with van der Waals surface area (Å²) < 4.78 is 0. The SMILES string of the molecule is CC1Cc2cc(C(=O)CNC(C(=O)O)C(C)O)ccc2N1. The number of carbonyl (C=O) groups is 2. The molecule has 0 aliphatic carbocycles. The summed E-state index contributed by atoms with van der Waals surface area (Å²) in [6, 6.07) is 4.65. The lowest BCUT2D eigenvalue weighted by atomic mass is 10.0. The van der Waals surface area contributed by atoms with Gasteiger partial charge in [0.05, 0.1) is 12.6 Å². The minimum Gasteiger partial charge on any atom is -0.480 e. The van der Waals surface area contributed by atoms with Crippen molar-refractivity contribution in [1.82, 2.24) is 5.32 Å². The second-order valence-electron chi connectivity index (χ2n) is 5.48. The number of hydrogen-bond acceptors (Lipinski definition) is 5. The van der Waals surface area contributed by atoms with Crippen molar-refractivity contribution in [3.8, 4) is 0 Å². The molecule has 1 aromatic rings. The maximum absolute atomic E-state index is 12.1. The fraction of sp³-hybridized carbons (Fsp3) is 0.467. The number of carbonyl (C=O) groups excluding carboxylic acids is 1. The quantitative estimate of drug-likeness (QED) is 0.575. The van der Waals surface area contributed by atoms with E-state index in [-0.39, 0.29) is 12.3 Å². The number of carboxylic acids is 1. The summed E-state index contributed by atoms with van der Waals surface area (Å²) in [5.41, 5.74) is 2.69. The first kappa shape index (κ1) is 15.5. The van der Waals surface area contributed by atoms with Crippen molar-refractivity contribution in [3.05, 3.63) is 29.3 Å². The Labute approximate surface area is 123 Å². The van der Waals surface area contributed by atoms with Crippen molar-refractivity contribution < 1.29 is 19.8 Å². The zero-order valence-corrected chi connectivity index (χ0v) is 12.1. The standard InChI is InChI=1S/C15H20N2O4/c1-8-5-11-6-10(3-4-12(11)17-8)13(19)7-16-14(9(2)18)15(20)21/h3-4,6,8-9,14,16-18H,5,7H2,1-2H3,(H,20,21). The van der Waals surface area contributed by atoms with E-state index in [1.807, 2.05) is 12.1 Å². The van der Waals surface area contributed by atoms with Crippen molar-refractivity contribution in [1.29, 1.82) is 0 Å². The molecular formula is C15H20N2O4. The summed E-state index contributed by atoms with van der Waals surface area (Å²) in [5.74, 6) is -1.37. The van der Waals surface area contributed by atoms with E-state index >= 15 is 0 Å². The summed E-state index contributed by atoms with van der Waals surface area (Å²) in [5, 5.41) is 24.2. The number of aliphatic carboxylic acids is 1. The maximum Gasteiger partial charge on any atom is 0.323 e. The van der Waals surface area contributed by atoms with Gasteiger partial charge in [-0.05, 0) is 44.0 Å². The van der Waals surface area contributed by atoms with Gasteiger partial charge in [-0.25, -0.2) is 0 Å². The van der Waals surface area contributed by atoms with Crippen LogP contribution in [0.4, 0.5) is 5.69 Å². The highest BCUT2D eigenvalue weighted by Gasteiger charge is 2.24. The van der Waals surface area contributed by atoms with Gasteiger partial charge in [0.1, 0.15) is 6.04 Å². The topological polar surface area (TPSA) is 98.7 Å². The molecule has 0 spiro atoms. The van der Waals surface area contributed by atoms with Crippen LogP contribution >= 0.6 is 0 Å². The van der Waals surface area contributed by atoms with Gasteiger partial charge >= 0.3 is 5.97 Å². The van der Waals surface area contributed by atoms with Crippen LogP contribution in [-0.4, -0.2) is 46.7 Å². The fourth-order valence-corrected chi connectivity index (χ4v) is 2.49. The van der Waals surface area contributed by atoms with Crippen LogP contribution in [0.15, 0.2) is 18.2 Å². The first-order valence-electron chi connectivity index (χ1n) is 6.95. The van der Waals surface area contributed by atoms with Crippen molar-refractivity contribution in [2.24, 2.45) is 0 Å². The third-order valence-electron chi connectivity index (χ3n) is 3.59. The normalized spacial score (nSPS) is 19.5. The lowest BCUT2D eigenvalue weighted by Crippen LogP contribution is -2.46. The lowest BCUT2D eigenvalue weighted by Gasteiger charge is -2.16. The van der Waals surface area contributed by atoms with E-state index in [9.17, 15) is 14.7 Å². The average molecular weight is 292 g/mol. The molecule has 0 aromatic heterocycles. The molecule has 0 amide bonds. The van der Waals surface area contributed by atoms with Gasteiger partial charge in [0, 0.05) is 17.3 Å². The molecule has 0 bridgehead atoms. The predicted molar refractivity (Wildman–Crippen MR) is 78.7 cm³/mol. The maximum atomic E-state index is 12.1. The highest BCUT2D eigenvalue weighted by molar-refractivity contribution is 5.98. The lowest BCUT2D eigenvalue weighted by molar-refractivity contribution is -0.142. The molecule has 114 valence electrons. The van der Waals surface area contributed by atoms with Gasteiger partial charge in [-0.2, -0.15) is 0 Å². The molecule has 1 aliphatic heterocycles. The van der Waals surface area contributed by atoms with Gasteiger partial charge in [-0.15, -0.1) is 0 Å². The molecule has 6 nitrogen and oxygen atoms in total. The van der Waals surface area contributed by atoms with E-state index in [0.29, 0.717) is 11.6 Å². The van der Waals surface area contributed by atoms with E-state index in [4.69, 9.17) is 5.11 Å². The minimum atomic E-state index is -1.18. The first-order chi connectivity index (χ1) is 9.88. The van der Waals surface area contributed by atoms with Crippen LogP contribution in [0.25, 0.3) is 0 Å². The average Bonchev–Trinajstić information content (AvgIpc) is 2.76. The summed E-state index contributed by atoms with van der Waals surface area (Å²) in [7, 11) is 0. The van der Waals surface area contributed by atoms with Crippen LogP contribution in [0.2, 0.25) is 0 Å². The van der Waals surface area contributed by atoms with Crippen LogP contribution in [-0.2, 0) is 11.2 Å². The molecule has 21 heavy (non-hydrogen) atoms. The van der Waals surface area contributed by atoms with E-state index < -0.39 is 18.1 Å². The van der Waals surface area contributed by atoms with E-state index in [1.165, 1.54) is 6.92 Å². The Morgan fingerprint density at radius 3 is 2.81 bits per heavy atom. The number of Topliss-reactive ketones (excluding diaryl/α,β-unsaturated/α-hetero) is 1. The first-order valence-corrected chi connectivity index (χ1v) is 6.95. The largest absolute Gasteiger partial charge is 0.480 e. The van der Waals surface area contributed by atoms with Crippen LogP contribution in [0, 0.1) is 0 Å². The molecule has 1 aliphatic rings. The summed E-state index contributed by atoms with van der Waals surface area (Å²) >= 11 is 0. The number of benzene rings is 1. The monoisotopic (exact) mass is 292 g/mol. The van der Waals surface area contributed by atoms with Crippen LogP contribution < -0.4 is 10.6 Å². The van der Waals surface area contributed by atoms with Gasteiger partial charge in [-0.3, -0.25) is 14.9 Å². The van der Waals surface area contributed by atoms with Gasteiger partial charge in [-0.1, -0.05) is 0 Å². The Bertz CT molecular complexity index is 557. The van der Waals surface area contributed by atoms with Gasteiger partial charge < -0.3 is 15.5 Å². The summed E-state index contributed by atoms with van der Waals surface area (Å²) in [6.45, 7) is 3.32. The van der Waals surface area contributed by atoms with E-state index in [0.717, 1.165) is 17.7 Å². The zero-order valence-electron chi connectivity index (χ0n) is 12.1. The Kier molecular flexibility index (Phi) is 4.59. The van der Waals surface area contributed by atoms with Crippen molar-refractivity contribution >= 4 is 17.4 Å². The molecule has 1 aromatic carbocycles. The Morgan fingerprint density at radius 1 is 1.48 bits per heavy atom. The van der Waals surface area contributed by atoms with Crippen molar-refractivity contribution in [2.45, 2.75) is 38.5 Å². The number of nitrogens with one attached hydrogen (secondary N) is 2. The summed E-state index contributed by atoms with van der Waals surface area (Å²) in [6.07, 6.45) is -0.199. The highest BCUT2D eigenvalue weighted by atomic mass is 16.4. The number of hydrogen-bond donors (Lipinski definition) is 4. The number of aliphatic hydroxyl groups excluding tert-OH is 1. The zero-order chi connectivity index (χ0) is 15.6. The molecule has 0 saturated carbocycles. The number of rotatable bonds is 6. The molecule has 3 atom stereocenters. The Hall–Kier alpha value is -1.92. The number of carboxylic acid groups (broad SMARTS) is 1. The molecule has 0 fully saturated rings. The molecule has 1 heterocycles. The van der Waals surface area contributed by atoms with Crippen LogP contribution in [0.5, 0.6) is 0 Å². The van der Waals surface area contributed by atoms with Crippen molar-refractivity contribution in [3.63, 3.8) is 0 Å². The number of aliphatic hydroxyl groups is 1. The Morgan fingerprint density at radius 2 is 2.19 bits per heavy atom. The second-order valence-corrected chi connectivity index (χ2v) is 5.48. The fourth-order valence-electron chi connectivity index (χ4n) is 2.49. The van der Waals surface area contributed by atoms with Gasteiger partial charge in [0.15, 0.2) is 5.78 Å². The molecule has 4 N–H and O–H groups in total. The Balaban J connectivity index is 2.01. The molecule has 0 saturated heterocycles. The van der Waals surface area contributed by atoms with Gasteiger partial charge in [0.25, 0.3) is 0 Å². The van der Waals surface area contributed by atoms with E-state index in [1.54, 1.807) is 6.07 Å². The molecule has 2 rings (SSSR count). The van der Waals surface area contributed by atoms with E-state index in [2.05, 4.69) is 17.6 Å². The molecule has 0 radical (unpaired) electrons. The van der Waals surface area contributed by atoms with Crippen LogP contribution in [0.1, 0.15) is 29.8 Å². The molecule has 6 heteroatoms. The number of anilines is 1. The second kappa shape index (κ2) is 6.24. The smallest absolute Gasteiger partial charge is 0.323 e. The predicted octanol–water partition coefficient (Wildman–Crippen LogP) is 0.649. The number of fused-ring (bicyclic) bond motifs is 1.